The highest BCUT2D eigenvalue weighted by Gasteiger charge is 2.28. The lowest BCUT2D eigenvalue weighted by Gasteiger charge is -2.27. The van der Waals surface area contributed by atoms with Crippen LogP contribution in [0.2, 0.25) is 0 Å². The van der Waals surface area contributed by atoms with Gasteiger partial charge in [-0.3, -0.25) is 4.79 Å². The van der Waals surface area contributed by atoms with Gasteiger partial charge in [-0.25, -0.2) is 0 Å². The van der Waals surface area contributed by atoms with Gasteiger partial charge in [0.05, 0.1) is 11.6 Å². The van der Waals surface area contributed by atoms with E-state index < -0.39 is 0 Å². The molecule has 108 valence electrons. The van der Waals surface area contributed by atoms with E-state index >= 15 is 0 Å². The zero-order valence-electron chi connectivity index (χ0n) is 11.7. The highest BCUT2D eigenvalue weighted by atomic mass is 32.2. The van der Waals surface area contributed by atoms with Crippen LogP contribution in [0.5, 0.6) is 0 Å². The molecule has 1 aliphatic carbocycles. The standard InChI is InChI=1S/C16H22N2OS/c1-2-11-20-15-10-6-5-9-14(15)18-16(19)12-7-3-4-8-13(12)17/h2,5-6,9-10,12-13H,1,3-4,7-8,11,17H2,(H,18,19). The van der Waals surface area contributed by atoms with Gasteiger partial charge in [0.15, 0.2) is 0 Å². The molecule has 0 radical (unpaired) electrons. The Morgan fingerprint density at radius 2 is 2.15 bits per heavy atom. The number of hydrogen-bond acceptors (Lipinski definition) is 3. The van der Waals surface area contributed by atoms with Gasteiger partial charge in [-0.05, 0) is 25.0 Å². The van der Waals surface area contributed by atoms with Crippen molar-refractivity contribution >= 4 is 23.4 Å². The van der Waals surface area contributed by atoms with Crippen LogP contribution in [0.1, 0.15) is 25.7 Å². The van der Waals surface area contributed by atoms with Crippen LogP contribution < -0.4 is 11.1 Å². The molecule has 0 aliphatic heterocycles. The average molecular weight is 290 g/mol. The van der Waals surface area contributed by atoms with E-state index in [-0.39, 0.29) is 17.9 Å². The Labute approximate surface area is 125 Å². The summed E-state index contributed by atoms with van der Waals surface area (Å²) < 4.78 is 0. The van der Waals surface area contributed by atoms with E-state index in [9.17, 15) is 4.79 Å². The van der Waals surface area contributed by atoms with Crippen molar-refractivity contribution in [3.05, 3.63) is 36.9 Å². The van der Waals surface area contributed by atoms with E-state index in [4.69, 9.17) is 5.73 Å². The van der Waals surface area contributed by atoms with Gasteiger partial charge in [0.1, 0.15) is 0 Å². The van der Waals surface area contributed by atoms with Crippen molar-refractivity contribution in [2.24, 2.45) is 11.7 Å². The van der Waals surface area contributed by atoms with E-state index in [1.807, 2.05) is 30.3 Å². The second-order valence-electron chi connectivity index (χ2n) is 5.14. The number of carbonyl (C=O) groups is 1. The van der Waals surface area contributed by atoms with Gasteiger partial charge in [-0.2, -0.15) is 0 Å². The normalized spacial score (nSPS) is 22.2. The number of benzene rings is 1. The Bertz CT molecular complexity index is 475. The van der Waals surface area contributed by atoms with Gasteiger partial charge in [0.25, 0.3) is 0 Å². The molecule has 1 amide bonds. The van der Waals surface area contributed by atoms with Gasteiger partial charge in [-0.1, -0.05) is 31.1 Å². The van der Waals surface area contributed by atoms with Crippen LogP contribution in [0, 0.1) is 5.92 Å². The minimum Gasteiger partial charge on any atom is -0.327 e. The molecule has 0 spiro atoms. The second-order valence-corrected chi connectivity index (χ2v) is 6.20. The summed E-state index contributed by atoms with van der Waals surface area (Å²) in [4.78, 5) is 13.5. The summed E-state index contributed by atoms with van der Waals surface area (Å²) in [7, 11) is 0. The van der Waals surface area contributed by atoms with Gasteiger partial charge >= 0.3 is 0 Å². The third kappa shape index (κ3) is 3.87. The van der Waals surface area contributed by atoms with Crippen molar-refractivity contribution in [2.75, 3.05) is 11.1 Å². The SMILES string of the molecule is C=CCSc1ccccc1NC(=O)C1CCCCC1N. The highest BCUT2D eigenvalue weighted by Crippen LogP contribution is 2.29. The maximum absolute atomic E-state index is 12.4. The second kappa shape index (κ2) is 7.50. The molecule has 1 saturated carbocycles. The van der Waals surface area contributed by atoms with Crippen molar-refractivity contribution in [3.63, 3.8) is 0 Å². The van der Waals surface area contributed by atoms with E-state index in [2.05, 4.69) is 11.9 Å². The Kier molecular flexibility index (Phi) is 5.68. The van der Waals surface area contributed by atoms with E-state index in [1.165, 1.54) is 0 Å². The molecule has 1 aromatic rings. The van der Waals surface area contributed by atoms with Crippen molar-refractivity contribution < 1.29 is 4.79 Å². The number of carbonyl (C=O) groups excluding carboxylic acids is 1. The lowest BCUT2D eigenvalue weighted by Crippen LogP contribution is -2.40. The monoisotopic (exact) mass is 290 g/mol. The minimum absolute atomic E-state index is 0.00302. The molecule has 1 aromatic carbocycles. The summed E-state index contributed by atoms with van der Waals surface area (Å²) in [5.41, 5.74) is 6.95. The van der Waals surface area contributed by atoms with Crippen LogP contribution in [-0.4, -0.2) is 17.7 Å². The number of nitrogens with two attached hydrogens (primary N) is 1. The number of nitrogens with one attached hydrogen (secondary N) is 1. The van der Waals surface area contributed by atoms with Crippen molar-refractivity contribution in [1.29, 1.82) is 0 Å². The first-order valence-corrected chi connectivity index (χ1v) is 8.10. The summed E-state index contributed by atoms with van der Waals surface area (Å²) in [5.74, 6) is 0.834. The van der Waals surface area contributed by atoms with Crippen LogP contribution in [-0.2, 0) is 4.79 Å². The molecule has 0 bridgehead atoms. The zero-order chi connectivity index (χ0) is 14.4. The number of rotatable bonds is 5. The first kappa shape index (κ1) is 15.1. The molecular formula is C16H22N2OS. The first-order chi connectivity index (χ1) is 9.72. The Morgan fingerprint density at radius 1 is 1.40 bits per heavy atom. The van der Waals surface area contributed by atoms with Crippen LogP contribution in [0.25, 0.3) is 0 Å². The van der Waals surface area contributed by atoms with E-state index in [0.717, 1.165) is 42.0 Å². The average Bonchev–Trinajstić information content (AvgIpc) is 2.46. The van der Waals surface area contributed by atoms with Crippen molar-refractivity contribution in [3.8, 4) is 0 Å². The summed E-state index contributed by atoms with van der Waals surface area (Å²) in [5, 5.41) is 3.05. The van der Waals surface area contributed by atoms with Crippen LogP contribution in [0.15, 0.2) is 41.8 Å². The smallest absolute Gasteiger partial charge is 0.229 e. The number of anilines is 1. The van der Waals surface area contributed by atoms with Gasteiger partial charge in [0.2, 0.25) is 5.91 Å². The molecule has 0 aromatic heterocycles. The number of para-hydroxylation sites is 1. The number of amides is 1. The molecule has 1 fully saturated rings. The molecule has 2 rings (SSSR count). The largest absolute Gasteiger partial charge is 0.327 e. The minimum atomic E-state index is -0.0544. The molecule has 1 aliphatic rings. The summed E-state index contributed by atoms with van der Waals surface area (Å²) >= 11 is 1.67. The molecule has 4 heteroatoms. The first-order valence-electron chi connectivity index (χ1n) is 7.11. The topological polar surface area (TPSA) is 55.1 Å². The third-order valence-electron chi connectivity index (χ3n) is 3.66. The zero-order valence-corrected chi connectivity index (χ0v) is 12.5. The van der Waals surface area contributed by atoms with Gasteiger partial charge in [-0.15, -0.1) is 18.3 Å². The summed E-state index contributed by atoms with van der Waals surface area (Å²) in [6.07, 6.45) is 5.94. The van der Waals surface area contributed by atoms with Crippen LogP contribution in [0.4, 0.5) is 5.69 Å². The van der Waals surface area contributed by atoms with Crippen molar-refractivity contribution in [1.82, 2.24) is 0 Å². The molecule has 3 nitrogen and oxygen atoms in total. The lowest BCUT2D eigenvalue weighted by molar-refractivity contribution is -0.121. The van der Waals surface area contributed by atoms with Crippen molar-refractivity contribution in [2.45, 2.75) is 36.6 Å². The number of thioether (sulfide) groups is 1. The summed E-state index contributed by atoms with van der Waals surface area (Å²) in [6, 6.07) is 7.88. The maximum Gasteiger partial charge on any atom is 0.229 e. The Balaban J connectivity index is 2.05. The van der Waals surface area contributed by atoms with E-state index in [0.29, 0.717) is 0 Å². The molecule has 0 heterocycles. The maximum atomic E-state index is 12.4. The fourth-order valence-corrected chi connectivity index (χ4v) is 3.30. The molecule has 0 saturated heterocycles. The molecule has 3 N–H and O–H groups in total. The third-order valence-corrected chi connectivity index (χ3v) is 4.73. The predicted octanol–water partition coefficient (Wildman–Crippen LogP) is 3.42. The molecule has 2 atom stereocenters. The fourth-order valence-electron chi connectivity index (χ4n) is 2.55. The Morgan fingerprint density at radius 3 is 2.90 bits per heavy atom. The molecule has 20 heavy (non-hydrogen) atoms. The molecular weight excluding hydrogens is 268 g/mol. The molecule has 2 unspecified atom stereocenters. The lowest BCUT2D eigenvalue weighted by atomic mass is 9.84. The predicted molar refractivity (Wildman–Crippen MR) is 85.9 cm³/mol. The van der Waals surface area contributed by atoms with Crippen LogP contribution in [0.3, 0.4) is 0 Å². The quantitative estimate of drug-likeness (QED) is 0.645. The van der Waals surface area contributed by atoms with E-state index in [1.54, 1.807) is 11.8 Å². The Hall–Kier alpha value is -1.26. The van der Waals surface area contributed by atoms with Gasteiger partial charge < -0.3 is 11.1 Å². The fraction of sp³-hybridized carbons (Fsp3) is 0.438. The summed E-state index contributed by atoms with van der Waals surface area (Å²) in [6.45, 7) is 3.73. The number of hydrogen-bond donors (Lipinski definition) is 2. The highest BCUT2D eigenvalue weighted by molar-refractivity contribution is 7.99. The van der Waals surface area contributed by atoms with Crippen LogP contribution >= 0.6 is 11.8 Å². The van der Waals surface area contributed by atoms with Gasteiger partial charge in [0, 0.05) is 16.7 Å².